The molecular weight excluding hydrogens is 420 g/mol. The maximum Gasteiger partial charge on any atom is 0.329 e. The predicted molar refractivity (Wildman–Crippen MR) is 127 cm³/mol. The zero-order valence-corrected chi connectivity index (χ0v) is 18.3. The molecule has 33 heavy (non-hydrogen) atoms. The normalized spacial score (nSPS) is 10.5. The minimum Gasteiger partial charge on any atom is -0.484 e. The quantitative estimate of drug-likeness (QED) is 0.295. The van der Waals surface area contributed by atoms with E-state index in [9.17, 15) is 14.4 Å². The van der Waals surface area contributed by atoms with Gasteiger partial charge in [-0.05, 0) is 73.0 Å². The van der Waals surface area contributed by atoms with Gasteiger partial charge in [0.25, 0.3) is 5.91 Å². The molecule has 0 aromatic heterocycles. The summed E-state index contributed by atoms with van der Waals surface area (Å²) in [5, 5.41) is 9.11. The minimum atomic E-state index is -0.878. The number of hydrogen-bond donors (Lipinski definition) is 3. The Morgan fingerprint density at radius 3 is 2.30 bits per heavy atom. The van der Waals surface area contributed by atoms with E-state index < -0.39 is 11.8 Å². The van der Waals surface area contributed by atoms with Crippen LogP contribution in [-0.2, 0) is 14.4 Å². The fourth-order valence-electron chi connectivity index (χ4n) is 2.80. The van der Waals surface area contributed by atoms with E-state index in [0.29, 0.717) is 22.7 Å². The summed E-state index contributed by atoms with van der Waals surface area (Å²) >= 11 is 0. The topological polar surface area (TPSA) is 109 Å². The Morgan fingerprint density at radius 1 is 0.848 bits per heavy atom. The Kier molecular flexibility index (Phi) is 7.91. The molecule has 0 bridgehead atoms. The van der Waals surface area contributed by atoms with Gasteiger partial charge in [-0.15, -0.1) is 0 Å². The van der Waals surface area contributed by atoms with E-state index in [0.717, 1.165) is 11.1 Å². The third-order valence-corrected chi connectivity index (χ3v) is 4.75. The maximum atomic E-state index is 12.1. The molecule has 3 amide bonds. The number of para-hydroxylation sites is 1. The highest BCUT2D eigenvalue weighted by Gasteiger charge is 2.14. The lowest BCUT2D eigenvalue weighted by Crippen LogP contribution is -2.32. The van der Waals surface area contributed by atoms with Gasteiger partial charge in [0, 0.05) is 11.4 Å². The first-order valence-electron chi connectivity index (χ1n) is 10.2. The molecule has 3 aromatic rings. The molecule has 3 N–H and O–H groups in total. The summed E-state index contributed by atoms with van der Waals surface area (Å²) < 4.78 is 5.46. The van der Waals surface area contributed by atoms with Gasteiger partial charge in [-0.2, -0.15) is 5.10 Å². The number of hydrazone groups is 1. The van der Waals surface area contributed by atoms with Crippen LogP contribution in [0.1, 0.15) is 16.7 Å². The SMILES string of the molecule is Cc1cccc(NC(=O)C(=O)N/N=C\c2ccc(OCC(=O)Nc3ccccc3)cc2)c1C. The molecule has 0 saturated carbocycles. The highest BCUT2D eigenvalue weighted by molar-refractivity contribution is 6.39. The van der Waals surface area contributed by atoms with E-state index in [1.807, 2.05) is 38.1 Å². The van der Waals surface area contributed by atoms with Crippen molar-refractivity contribution in [1.82, 2.24) is 5.43 Å². The van der Waals surface area contributed by atoms with Crippen LogP contribution in [0.2, 0.25) is 0 Å². The van der Waals surface area contributed by atoms with Gasteiger partial charge >= 0.3 is 11.8 Å². The molecule has 0 aliphatic heterocycles. The second-order valence-corrected chi connectivity index (χ2v) is 7.17. The molecule has 8 heteroatoms. The lowest BCUT2D eigenvalue weighted by atomic mass is 10.1. The number of ether oxygens (including phenoxy) is 1. The van der Waals surface area contributed by atoms with Crippen molar-refractivity contribution in [2.45, 2.75) is 13.8 Å². The van der Waals surface area contributed by atoms with Crippen LogP contribution in [0.4, 0.5) is 11.4 Å². The maximum absolute atomic E-state index is 12.1. The second kappa shape index (κ2) is 11.2. The number of benzene rings is 3. The number of carbonyl (C=O) groups is 3. The van der Waals surface area contributed by atoms with Crippen LogP contribution in [0.3, 0.4) is 0 Å². The van der Waals surface area contributed by atoms with Crippen molar-refractivity contribution in [2.24, 2.45) is 5.10 Å². The number of nitrogens with zero attached hydrogens (tertiary/aromatic N) is 1. The van der Waals surface area contributed by atoms with Crippen LogP contribution < -0.4 is 20.8 Å². The number of amides is 3. The Balaban J connectivity index is 1.44. The number of aryl methyl sites for hydroxylation is 1. The van der Waals surface area contributed by atoms with Crippen molar-refractivity contribution in [3.63, 3.8) is 0 Å². The van der Waals surface area contributed by atoms with Gasteiger partial charge in [0.15, 0.2) is 6.61 Å². The van der Waals surface area contributed by atoms with Gasteiger partial charge in [0.1, 0.15) is 5.75 Å². The summed E-state index contributed by atoms with van der Waals surface area (Å²) in [4.78, 5) is 36.0. The Bertz CT molecular complexity index is 1160. The predicted octanol–water partition coefficient (Wildman–Crippen LogP) is 3.41. The van der Waals surface area contributed by atoms with Gasteiger partial charge < -0.3 is 15.4 Å². The van der Waals surface area contributed by atoms with Crippen molar-refractivity contribution >= 4 is 35.3 Å². The minimum absolute atomic E-state index is 0.131. The first-order valence-corrected chi connectivity index (χ1v) is 10.2. The van der Waals surface area contributed by atoms with Gasteiger partial charge in [-0.1, -0.05) is 30.3 Å². The molecule has 0 saturated heterocycles. The monoisotopic (exact) mass is 444 g/mol. The van der Waals surface area contributed by atoms with E-state index in [1.54, 1.807) is 48.5 Å². The summed E-state index contributed by atoms with van der Waals surface area (Å²) in [5.74, 6) is -1.45. The van der Waals surface area contributed by atoms with E-state index in [1.165, 1.54) is 6.21 Å². The Labute approximate surface area is 191 Å². The van der Waals surface area contributed by atoms with E-state index in [4.69, 9.17) is 4.74 Å². The Morgan fingerprint density at radius 2 is 1.58 bits per heavy atom. The molecule has 0 unspecified atom stereocenters. The standard InChI is InChI=1S/C25H24N4O4/c1-17-7-6-10-22(18(17)2)28-24(31)25(32)29-26-15-19-11-13-21(14-12-19)33-16-23(30)27-20-8-4-3-5-9-20/h3-15H,16H2,1-2H3,(H,27,30)(H,28,31)(H,29,32)/b26-15-. The average Bonchev–Trinajstić information content (AvgIpc) is 2.82. The Hall–Kier alpha value is -4.46. The molecule has 3 rings (SSSR count). The highest BCUT2D eigenvalue weighted by atomic mass is 16.5. The van der Waals surface area contributed by atoms with Crippen LogP contribution in [0.5, 0.6) is 5.75 Å². The zero-order valence-electron chi connectivity index (χ0n) is 18.3. The van der Waals surface area contributed by atoms with Crippen molar-refractivity contribution in [3.05, 3.63) is 89.5 Å². The van der Waals surface area contributed by atoms with Crippen molar-refractivity contribution in [3.8, 4) is 5.75 Å². The molecule has 0 heterocycles. The van der Waals surface area contributed by atoms with Crippen molar-refractivity contribution in [2.75, 3.05) is 17.2 Å². The van der Waals surface area contributed by atoms with E-state index in [-0.39, 0.29) is 12.5 Å². The molecular formula is C25H24N4O4. The lowest BCUT2D eigenvalue weighted by Gasteiger charge is -2.09. The van der Waals surface area contributed by atoms with Gasteiger partial charge in [0.05, 0.1) is 6.21 Å². The fourth-order valence-corrected chi connectivity index (χ4v) is 2.80. The summed E-state index contributed by atoms with van der Waals surface area (Å²) in [6.45, 7) is 3.66. The number of nitrogens with one attached hydrogen (secondary N) is 3. The van der Waals surface area contributed by atoms with Crippen LogP contribution in [-0.4, -0.2) is 30.5 Å². The number of carbonyl (C=O) groups excluding carboxylic acids is 3. The third kappa shape index (κ3) is 7.03. The van der Waals surface area contributed by atoms with Crippen LogP contribution in [0.15, 0.2) is 77.9 Å². The summed E-state index contributed by atoms with van der Waals surface area (Å²) in [5.41, 5.74) is 6.04. The number of anilines is 2. The molecule has 0 radical (unpaired) electrons. The van der Waals surface area contributed by atoms with Crippen molar-refractivity contribution < 1.29 is 19.1 Å². The second-order valence-electron chi connectivity index (χ2n) is 7.17. The van der Waals surface area contributed by atoms with Crippen molar-refractivity contribution in [1.29, 1.82) is 0 Å². The largest absolute Gasteiger partial charge is 0.484 e. The van der Waals surface area contributed by atoms with Crippen LogP contribution >= 0.6 is 0 Å². The molecule has 0 atom stereocenters. The summed E-state index contributed by atoms with van der Waals surface area (Å²) in [7, 11) is 0. The molecule has 0 fully saturated rings. The molecule has 168 valence electrons. The molecule has 8 nitrogen and oxygen atoms in total. The van der Waals surface area contributed by atoms with E-state index in [2.05, 4.69) is 21.2 Å². The summed E-state index contributed by atoms with van der Waals surface area (Å²) in [6.07, 6.45) is 1.40. The smallest absolute Gasteiger partial charge is 0.329 e. The molecule has 3 aromatic carbocycles. The van der Waals surface area contributed by atoms with Crippen LogP contribution in [0, 0.1) is 13.8 Å². The molecule has 0 aliphatic carbocycles. The zero-order chi connectivity index (χ0) is 23.6. The van der Waals surface area contributed by atoms with Gasteiger partial charge in [0.2, 0.25) is 0 Å². The van der Waals surface area contributed by atoms with Crippen LogP contribution in [0.25, 0.3) is 0 Å². The first kappa shape index (κ1) is 23.2. The average molecular weight is 444 g/mol. The fraction of sp³-hybridized carbons (Fsp3) is 0.120. The van der Waals surface area contributed by atoms with Gasteiger partial charge in [-0.3, -0.25) is 14.4 Å². The lowest BCUT2D eigenvalue weighted by molar-refractivity contribution is -0.136. The molecule has 0 spiro atoms. The first-order chi connectivity index (χ1) is 15.9. The summed E-state index contributed by atoms with van der Waals surface area (Å²) in [6, 6.07) is 21.3. The number of rotatable bonds is 7. The molecule has 0 aliphatic rings. The highest BCUT2D eigenvalue weighted by Crippen LogP contribution is 2.17. The van der Waals surface area contributed by atoms with E-state index >= 15 is 0 Å². The third-order valence-electron chi connectivity index (χ3n) is 4.75. The number of hydrogen-bond acceptors (Lipinski definition) is 5. The van der Waals surface area contributed by atoms with Gasteiger partial charge in [-0.25, -0.2) is 5.43 Å².